The SMILES string of the molecule is CN(CCc1ccccc1)c1ncc(C(=O)N(CCCc2ccccc2)CC(=O)O)c(CC2CCCC2)n1. The summed E-state index contributed by atoms with van der Waals surface area (Å²) in [4.78, 5) is 38.2. The van der Waals surface area contributed by atoms with Gasteiger partial charge in [0.05, 0.1) is 11.3 Å². The zero-order chi connectivity index (χ0) is 26.7. The van der Waals surface area contributed by atoms with Crippen molar-refractivity contribution in [3.63, 3.8) is 0 Å². The second-order valence-electron chi connectivity index (χ2n) is 10.3. The van der Waals surface area contributed by atoms with Gasteiger partial charge in [0.15, 0.2) is 0 Å². The Hall–Kier alpha value is -3.74. The minimum Gasteiger partial charge on any atom is -0.480 e. The van der Waals surface area contributed by atoms with Gasteiger partial charge in [0.1, 0.15) is 6.54 Å². The summed E-state index contributed by atoms with van der Waals surface area (Å²) in [6.07, 6.45) is 9.32. The number of aryl methyl sites for hydroxylation is 1. The van der Waals surface area contributed by atoms with Gasteiger partial charge < -0.3 is 14.9 Å². The summed E-state index contributed by atoms with van der Waals surface area (Å²) in [5.41, 5.74) is 3.58. The van der Waals surface area contributed by atoms with E-state index in [-0.39, 0.29) is 12.5 Å². The van der Waals surface area contributed by atoms with Crippen LogP contribution >= 0.6 is 0 Å². The Kier molecular flexibility index (Phi) is 9.84. The largest absolute Gasteiger partial charge is 0.480 e. The van der Waals surface area contributed by atoms with E-state index in [9.17, 15) is 14.7 Å². The highest BCUT2D eigenvalue weighted by molar-refractivity contribution is 5.96. The van der Waals surface area contributed by atoms with Crippen LogP contribution in [0.2, 0.25) is 0 Å². The molecule has 4 rings (SSSR count). The molecule has 200 valence electrons. The van der Waals surface area contributed by atoms with Gasteiger partial charge in [0.25, 0.3) is 5.91 Å². The third kappa shape index (κ3) is 7.88. The van der Waals surface area contributed by atoms with Crippen LogP contribution in [0.4, 0.5) is 5.95 Å². The molecule has 38 heavy (non-hydrogen) atoms. The van der Waals surface area contributed by atoms with Crippen molar-refractivity contribution in [2.24, 2.45) is 5.92 Å². The number of carboxylic acids is 1. The molecule has 0 aliphatic heterocycles. The van der Waals surface area contributed by atoms with Crippen LogP contribution in [0.1, 0.15) is 59.3 Å². The minimum atomic E-state index is -1.02. The molecule has 1 amide bonds. The van der Waals surface area contributed by atoms with E-state index in [2.05, 4.69) is 17.1 Å². The lowest BCUT2D eigenvalue weighted by atomic mass is 9.98. The van der Waals surface area contributed by atoms with E-state index >= 15 is 0 Å². The van der Waals surface area contributed by atoms with Gasteiger partial charge in [-0.1, -0.05) is 86.3 Å². The Morgan fingerprint density at radius 1 is 0.921 bits per heavy atom. The summed E-state index contributed by atoms with van der Waals surface area (Å²) < 4.78 is 0. The van der Waals surface area contributed by atoms with Crippen LogP contribution in [0.5, 0.6) is 0 Å². The molecule has 7 heteroatoms. The highest BCUT2D eigenvalue weighted by Crippen LogP contribution is 2.29. The van der Waals surface area contributed by atoms with Crippen LogP contribution in [0.25, 0.3) is 0 Å². The van der Waals surface area contributed by atoms with Crippen LogP contribution < -0.4 is 4.90 Å². The normalized spacial score (nSPS) is 13.4. The smallest absolute Gasteiger partial charge is 0.323 e. The minimum absolute atomic E-state index is 0.299. The van der Waals surface area contributed by atoms with Crippen molar-refractivity contribution < 1.29 is 14.7 Å². The molecule has 1 N–H and O–H groups in total. The maximum Gasteiger partial charge on any atom is 0.323 e. The second-order valence-corrected chi connectivity index (χ2v) is 10.3. The van der Waals surface area contributed by atoms with Gasteiger partial charge >= 0.3 is 5.97 Å². The summed E-state index contributed by atoms with van der Waals surface area (Å²) >= 11 is 0. The van der Waals surface area contributed by atoms with Crippen LogP contribution in [-0.4, -0.2) is 58.5 Å². The lowest BCUT2D eigenvalue weighted by Gasteiger charge is -2.24. The summed E-state index contributed by atoms with van der Waals surface area (Å²) in [7, 11) is 1.97. The number of likely N-dealkylation sites (N-methyl/N-ethyl adjacent to an activating group) is 1. The van der Waals surface area contributed by atoms with Crippen LogP contribution in [0.3, 0.4) is 0 Å². The number of amides is 1. The topological polar surface area (TPSA) is 86.6 Å². The zero-order valence-corrected chi connectivity index (χ0v) is 22.3. The third-order valence-corrected chi connectivity index (χ3v) is 7.31. The van der Waals surface area contributed by atoms with Gasteiger partial charge in [-0.25, -0.2) is 9.97 Å². The number of rotatable bonds is 13. The molecular formula is C31H38N4O3. The van der Waals surface area contributed by atoms with Crippen molar-refractivity contribution in [1.82, 2.24) is 14.9 Å². The Bertz CT molecular complexity index is 1180. The molecule has 7 nitrogen and oxygen atoms in total. The van der Waals surface area contributed by atoms with E-state index < -0.39 is 5.97 Å². The lowest BCUT2D eigenvalue weighted by Crippen LogP contribution is -2.37. The summed E-state index contributed by atoms with van der Waals surface area (Å²) in [5, 5.41) is 9.53. The number of anilines is 1. The maximum atomic E-state index is 13.7. The fraction of sp³-hybridized carbons (Fsp3) is 0.419. The third-order valence-electron chi connectivity index (χ3n) is 7.31. The predicted molar refractivity (Wildman–Crippen MR) is 149 cm³/mol. The number of hydrogen-bond donors (Lipinski definition) is 1. The molecule has 1 aliphatic carbocycles. The van der Waals surface area contributed by atoms with E-state index in [1.54, 1.807) is 6.20 Å². The number of carboxylic acid groups (broad SMARTS) is 1. The van der Waals surface area contributed by atoms with E-state index in [1.165, 1.54) is 28.9 Å². The Morgan fingerprint density at radius 2 is 1.55 bits per heavy atom. The van der Waals surface area contributed by atoms with E-state index in [0.29, 0.717) is 36.8 Å². The van der Waals surface area contributed by atoms with Gasteiger partial charge in [0, 0.05) is 26.3 Å². The average Bonchev–Trinajstić information content (AvgIpc) is 3.45. The molecule has 1 aliphatic rings. The predicted octanol–water partition coefficient (Wildman–Crippen LogP) is 5.05. The summed E-state index contributed by atoms with van der Waals surface area (Å²) in [6.45, 7) is 0.779. The molecule has 0 saturated heterocycles. The molecule has 1 saturated carbocycles. The molecular weight excluding hydrogens is 476 g/mol. The van der Waals surface area contributed by atoms with Crippen molar-refractivity contribution in [1.29, 1.82) is 0 Å². The van der Waals surface area contributed by atoms with Crippen LogP contribution in [0.15, 0.2) is 66.9 Å². The van der Waals surface area contributed by atoms with E-state index in [1.807, 2.05) is 60.5 Å². The highest BCUT2D eigenvalue weighted by atomic mass is 16.4. The number of benzene rings is 2. The summed E-state index contributed by atoms with van der Waals surface area (Å²) in [6, 6.07) is 20.3. The molecule has 0 radical (unpaired) electrons. The lowest BCUT2D eigenvalue weighted by molar-refractivity contribution is -0.137. The van der Waals surface area contributed by atoms with Crippen LogP contribution in [-0.2, 0) is 24.1 Å². The van der Waals surface area contributed by atoms with Crippen molar-refractivity contribution in [3.05, 3.63) is 89.2 Å². The molecule has 0 atom stereocenters. The Labute approximate surface area is 225 Å². The first-order valence-electron chi connectivity index (χ1n) is 13.7. The first-order valence-corrected chi connectivity index (χ1v) is 13.7. The zero-order valence-electron chi connectivity index (χ0n) is 22.3. The standard InChI is InChI=1S/C31H38N4O3/c1-34(20-18-25-13-6-3-7-14-25)31-32-22-27(28(33-31)21-26-15-8-9-16-26)30(38)35(23-29(36)37)19-10-17-24-11-4-2-5-12-24/h2-7,11-14,22,26H,8-10,15-21,23H2,1H3,(H,36,37). The van der Waals surface area contributed by atoms with Gasteiger partial charge in [-0.3, -0.25) is 9.59 Å². The monoisotopic (exact) mass is 514 g/mol. The number of aliphatic carboxylic acids is 1. The number of hydrogen-bond acceptors (Lipinski definition) is 5. The summed E-state index contributed by atoms with van der Waals surface area (Å²) in [5.74, 6) is -0.232. The molecule has 0 spiro atoms. The first-order chi connectivity index (χ1) is 18.5. The molecule has 1 aromatic heterocycles. The maximum absolute atomic E-state index is 13.7. The fourth-order valence-electron chi connectivity index (χ4n) is 5.16. The second kappa shape index (κ2) is 13.7. The molecule has 1 fully saturated rings. The van der Waals surface area contributed by atoms with Gasteiger partial charge in [-0.15, -0.1) is 0 Å². The highest BCUT2D eigenvalue weighted by Gasteiger charge is 2.26. The molecule has 2 aromatic carbocycles. The molecule has 3 aromatic rings. The van der Waals surface area contributed by atoms with Crippen molar-refractivity contribution in [2.75, 3.05) is 31.6 Å². The number of carbonyl (C=O) groups is 2. The number of carbonyl (C=O) groups excluding carboxylic acids is 1. The Morgan fingerprint density at radius 3 is 2.18 bits per heavy atom. The average molecular weight is 515 g/mol. The Balaban J connectivity index is 1.51. The quantitative estimate of drug-likeness (QED) is 0.344. The van der Waals surface area contributed by atoms with Gasteiger partial charge in [0.2, 0.25) is 5.95 Å². The van der Waals surface area contributed by atoms with E-state index in [4.69, 9.17) is 4.98 Å². The fourth-order valence-corrected chi connectivity index (χ4v) is 5.16. The van der Waals surface area contributed by atoms with E-state index in [0.717, 1.165) is 37.9 Å². The first kappa shape index (κ1) is 27.3. The molecule has 0 bridgehead atoms. The number of nitrogens with zero attached hydrogens (tertiary/aromatic N) is 4. The van der Waals surface area contributed by atoms with Crippen molar-refractivity contribution in [3.8, 4) is 0 Å². The molecule has 0 unspecified atom stereocenters. The van der Waals surface area contributed by atoms with Crippen molar-refractivity contribution in [2.45, 2.75) is 51.4 Å². The van der Waals surface area contributed by atoms with Crippen molar-refractivity contribution >= 4 is 17.8 Å². The van der Waals surface area contributed by atoms with Crippen LogP contribution in [0, 0.1) is 5.92 Å². The molecule has 1 heterocycles. The van der Waals surface area contributed by atoms with Gasteiger partial charge in [-0.2, -0.15) is 0 Å². The number of aromatic nitrogens is 2. The van der Waals surface area contributed by atoms with Gasteiger partial charge in [-0.05, 0) is 42.7 Å².